The minimum atomic E-state index is -1.21. The fourth-order valence-corrected chi connectivity index (χ4v) is 3.40. The molecule has 0 aromatic rings. The van der Waals surface area contributed by atoms with E-state index in [1.54, 1.807) is 17.6 Å². The Balaban J connectivity index is 2.10. The van der Waals surface area contributed by atoms with Gasteiger partial charge >= 0.3 is 0 Å². The fraction of sp³-hybridized carbons (Fsp3) is 0.615. The number of Topliss-reactive ketones (excluding diaryl/α,β-unsaturated/α-hetero) is 1. The van der Waals surface area contributed by atoms with Crippen LogP contribution in [0.4, 0.5) is 0 Å². The van der Waals surface area contributed by atoms with E-state index in [1.807, 2.05) is 0 Å². The van der Waals surface area contributed by atoms with E-state index >= 15 is 0 Å². The maximum atomic E-state index is 12.4. The molecule has 2 rings (SSSR count). The quantitative estimate of drug-likeness (QED) is 0.752. The molecule has 0 amide bonds. The Morgan fingerprint density at radius 3 is 2.71 bits per heavy atom. The minimum Gasteiger partial charge on any atom is -0.293 e. The topological polar surface area (TPSA) is 37.4 Å². The van der Waals surface area contributed by atoms with E-state index < -0.39 is 10.8 Å². The summed E-state index contributed by atoms with van der Waals surface area (Å²) >= 11 is 0. The van der Waals surface area contributed by atoms with Crippen LogP contribution in [0.15, 0.2) is 22.5 Å². The second-order valence-corrected chi connectivity index (χ2v) is 5.88. The summed E-state index contributed by atoms with van der Waals surface area (Å²) in [6.45, 7) is 4.10. The average molecular weight is 253 g/mol. The van der Waals surface area contributed by atoms with Gasteiger partial charge in [0.25, 0.3) is 0 Å². The molecule has 17 heavy (non-hydrogen) atoms. The molecular weight excluding hydrogens is 234 g/mol. The van der Waals surface area contributed by atoms with Crippen molar-refractivity contribution in [3.63, 3.8) is 0 Å². The molecule has 2 heterocycles. The van der Waals surface area contributed by atoms with E-state index in [1.165, 1.54) is 12.8 Å². The average Bonchev–Trinajstić information content (AvgIpc) is 2.95. The Kier molecular flexibility index (Phi) is 4.29. The standard InChI is InChI=1S/C13H19NO2S/c1-2-6-11(14-8-3-4-9-14)13(15)12-7-5-10-17(12)16/h5,7,10-11H,2-4,6,8-9H2,1H3. The molecule has 2 unspecified atom stereocenters. The molecule has 0 aromatic carbocycles. The van der Waals surface area contributed by atoms with Crippen molar-refractivity contribution in [3.05, 3.63) is 22.5 Å². The number of ketones is 1. The first kappa shape index (κ1) is 12.7. The van der Waals surface area contributed by atoms with E-state index in [-0.39, 0.29) is 11.8 Å². The summed E-state index contributed by atoms with van der Waals surface area (Å²) in [6.07, 6.45) is 7.63. The third kappa shape index (κ3) is 2.75. The van der Waals surface area contributed by atoms with Gasteiger partial charge in [0.05, 0.1) is 21.7 Å². The monoisotopic (exact) mass is 253 g/mol. The molecule has 0 saturated carbocycles. The highest BCUT2D eigenvalue weighted by Gasteiger charge is 2.31. The molecule has 3 nitrogen and oxygen atoms in total. The van der Waals surface area contributed by atoms with Gasteiger partial charge in [-0.25, -0.2) is 4.21 Å². The van der Waals surface area contributed by atoms with Gasteiger partial charge in [-0.1, -0.05) is 19.4 Å². The van der Waals surface area contributed by atoms with Gasteiger partial charge in [-0.15, -0.1) is 0 Å². The molecule has 0 N–H and O–H groups in total. The summed E-state index contributed by atoms with van der Waals surface area (Å²) < 4.78 is 11.7. The molecule has 0 aromatic heterocycles. The third-order valence-corrected chi connectivity index (χ3v) is 4.53. The summed E-state index contributed by atoms with van der Waals surface area (Å²) in [5, 5.41) is 1.58. The first-order valence-electron chi connectivity index (χ1n) is 6.31. The van der Waals surface area contributed by atoms with Crippen LogP contribution in [0.3, 0.4) is 0 Å². The Hall–Kier alpha value is -0.740. The minimum absolute atomic E-state index is 0.0578. The van der Waals surface area contributed by atoms with Crippen LogP contribution in [0, 0.1) is 0 Å². The van der Waals surface area contributed by atoms with Crippen LogP contribution >= 0.6 is 0 Å². The van der Waals surface area contributed by atoms with Crippen molar-refractivity contribution in [1.29, 1.82) is 0 Å². The number of carbonyl (C=O) groups excluding carboxylic acids is 1. The van der Waals surface area contributed by atoms with E-state index in [2.05, 4.69) is 11.8 Å². The Morgan fingerprint density at radius 2 is 2.18 bits per heavy atom. The van der Waals surface area contributed by atoms with Crippen molar-refractivity contribution in [2.24, 2.45) is 0 Å². The number of rotatable bonds is 5. The Morgan fingerprint density at radius 1 is 1.47 bits per heavy atom. The fourth-order valence-electron chi connectivity index (χ4n) is 2.49. The molecule has 1 saturated heterocycles. The van der Waals surface area contributed by atoms with Crippen molar-refractivity contribution < 1.29 is 9.00 Å². The van der Waals surface area contributed by atoms with Crippen LogP contribution in [0.1, 0.15) is 32.6 Å². The lowest BCUT2D eigenvalue weighted by Crippen LogP contribution is -2.40. The van der Waals surface area contributed by atoms with Crippen LogP contribution in [0.2, 0.25) is 0 Å². The van der Waals surface area contributed by atoms with Gasteiger partial charge in [0, 0.05) is 5.41 Å². The molecular formula is C13H19NO2S. The zero-order valence-corrected chi connectivity index (χ0v) is 11.0. The number of hydrogen-bond donors (Lipinski definition) is 0. The van der Waals surface area contributed by atoms with Crippen molar-refractivity contribution >= 4 is 16.6 Å². The van der Waals surface area contributed by atoms with Crippen LogP contribution < -0.4 is 0 Å². The highest BCUT2D eigenvalue weighted by atomic mass is 32.2. The number of allylic oxidation sites excluding steroid dienone is 2. The molecule has 4 heteroatoms. The number of likely N-dealkylation sites (tertiary alicyclic amines) is 1. The summed E-state index contributed by atoms with van der Waals surface area (Å²) in [7, 11) is -1.21. The molecule has 0 bridgehead atoms. The maximum Gasteiger partial charge on any atom is 0.189 e. The molecule has 0 radical (unpaired) electrons. The lowest BCUT2D eigenvalue weighted by Gasteiger charge is -2.26. The summed E-state index contributed by atoms with van der Waals surface area (Å²) in [5.74, 6) is 0.0667. The van der Waals surface area contributed by atoms with Crippen LogP contribution in [0.25, 0.3) is 0 Å². The van der Waals surface area contributed by atoms with Crippen LogP contribution in [-0.2, 0) is 15.6 Å². The molecule has 1 fully saturated rings. The smallest absolute Gasteiger partial charge is 0.189 e. The molecule has 2 atom stereocenters. The maximum absolute atomic E-state index is 12.4. The van der Waals surface area contributed by atoms with Gasteiger partial charge in [-0.05, 0) is 38.4 Å². The van der Waals surface area contributed by atoms with E-state index in [4.69, 9.17) is 0 Å². The Bertz CT molecular complexity index is 381. The van der Waals surface area contributed by atoms with Crippen LogP contribution in [-0.4, -0.2) is 34.0 Å². The predicted octanol–water partition coefficient (Wildman–Crippen LogP) is 1.98. The zero-order chi connectivity index (χ0) is 12.3. The number of nitrogens with zero attached hydrogens (tertiary/aromatic N) is 1. The molecule has 2 aliphatic rings. The molecule has 94 valence electrons. The highest BCUT2D eigenvalue weighted by molar-refractivity contribution is 7.93. The second-order valence-electron chi connectivity index (χ2n) is 4.57. The molecule has 0 aliphatic carbocycles. The van der Waals surface area contributed by atoms with Gasteiger partial charge in [0.15, 0.2) is 5.78 Å². The summed E-state index contributed by atoms with van der Waals surface area (Å²) in [4.78, 5) is 15.1. The zero-order valence-electron chi connectivity index (χ0n) is 10.2. The van der Waals surface area contributed by atoms with Crippen molar-refractivity contribution in [2.75, 3.05) is 13.1 Å². The van der Waals surface area contributed by atoms with E-state index in [9.17, 15) is 9.00 Å². The molecule has 2 aliphatic heterocycles. The number of carbonyl (C=O) groups is 1. The van der Waals surface area contributed by atoms with E-state index in [0.29, 0.717) is 4.91 Å². The third-order valence-electron chi connectivity index (χ3n) is 3.36. The van der Waals surface area contributed by atoms with E-state index in [0.717, 1.165) is 25.9 Å². The largest absolute Gasteiger partial charge is 0.293 e. The van der Waals surface area contributed by atoms with Gasteiger partial charge in [-0.2, -0.15) is 0 Å². The second kappa shape index (κ2) is 5.74. The Labute approximate surface area is 105 Å². The van der Waals surface area contributed by atoms with Crippen molar-refractivity contribution in [2.45, 2.75) is 38.6 Å². The lowest BCUT2D eigenvalue weighted by atomic mass is 10.1. The lowest BCUT2D eigenvalue weighted by molar-refractivity contribution is -0.119. The van der Waals surface area contributed by atoms with Crippen LogP contribution in [0.5, 0.6) is 0 Å². The van der Waals surface area contributed by atoms with Gasteiger partial charge in [-0.3, -0.25) is 9.69 Å². The highest BCUT2D eigenvalue weighted by Crippen LogP contribution is 2.22. The first-order chi connectivity index (χ1) is 8.24. The normalized spacial score (nSPS) is 26.2. The van der Waals surface area contributed by atoms with Crippen molar-refractivity contribution in [3.8, 4) is 0 Å². The predicted molar refractivity (Wildman–Crippen MR) is 69.9 cm³/mol. The molecule has 0 spiro atoms. The SMILES string of the molecule is CCCC(C(=O)C1=CC=CS1=O)N1CCCC1. The first-order valence-corrected chi connectivity index (χ1v) is 7.52. The number of hydrogen-bond acceptors (Lipinski definition) is 3. The van der Waals surface area contributed by atoms with Gasteiger partial charge < -0.3 is 0 Å². The summed E-state index contributed by atoms with van der Waals surface area (Å²) in [5.41, 5.74) is 0. The van der Waals surface area contributed by atoms with Gasteiger partial charge in [0.1, 0.15) is 0 Å². The summed E-state index contributed by atoms with van der Waals surface area (Å²) in [6, 6.07) is -0.0578. The van der Waals surface area contributed by atoms with Gasteiger partial charge in [0.2, 0.25) is 0 Å². The van der Waals surface area contributed by atoms with Crippen molar-refractivity contribution in [1.82, 2.24) is 4.90 Å².